The third-order valence-corrected chi connectivity index (χ3v) is 2.43. The molecule has 0 saturated heterocycles. The molecule has 5 nitrogen and oxygen atoms in total. The van der Waals surface area contributed by atoms with Crippen molar-refractivity contribution in [1.29, 1.82) is 0 Å². The lowest BCUT2D eigenvalue weighted by Crippen LogP contribution is -2.21. The lowest BCUT2D eigenvalue weighted by atomic mass is 9.92. The van der Waals surface area contributed by atoms with E-state index in [4.69, 9.17) is 0 Å². The van der Waals surface area contributed by atoms with Gasteiger partial charge >= 0.3 is 0 Å². The van der Waals surface area contributed by atoms with E-state index >= 15 is 0 Å². The molecule has 1 aromatic heterocycles. The van der Waals surface area contributed by atoms with Gasteiger partial charge in [0.15, 0.2) is 5.82 Å². The summed E-state index contributed by atoms with van der Waals surface area (Å²) in [5.74, 6) is 0.578. The van der Waals surface area contributed by atoms with E-state index in [0.29, 0.717) is 18.8 Å². The van der Waals surface area contributed by atoms with Crippen LogP contribution in [0, 0.1) is 0 Å². The Morgan fingerprint density at radius 3 is 2.71 bits per heavy atom. The Morgan fingerprint density at radius 2 is 2.18 bits per heavy atom. The first-order valence-electron chi connectivity index (χ1n) is 6.00. The molecule has 1 amide bonds. The van der Waals surface area contributed by atoms with Gasteiger partial charge in [-0.2, -0.15) is 5.10 Å². The summed E-state index contributed by atoms with van der Waals surface area (Å²) in [5.41, 5.74) is 1.03. The quantitative estimate of drug-likeness (QED) is 0.683. The molecule has 1 aromatic rings. The minimum absolute atomic E-state index is 0.0136. The van der Waals surface area contributed by atoms with Gasteiger partial charge in [0.25, 0.3) is 0 Å². The fraction of sp³-hybridized carbons (Fsp3) is 0.667. The van der Waals surface area contributed by atoms with E-state index in [-0.39, 0.29) is 11.3 Å². The maximum atomic E-state index is 11.5. The van der Waals surface area contributed by atoms with Crippen LogP contribution in [0.2, 0.25) is 0 Å². The van der Waals surface area contributed by atoms with E-state index in [0.717, 1.165) is 12.2 Å². The van der Waals surface area contributed by atoms with Gasteiger partial charge in [-0.25, -0.2) is 0 Å². The zero-order valence-corrected chi connectivity index (χ0v) is 11.1. The Kier molecular flexibility index (Phi) is 4.69. The fourth-order valence-corrected chi connectivity index (χ4v) is 1.35. The molecular weight excluding hydrogens is 216 g/mol. The van der Waals surface area contributed by atoms with Gasteiger partial charge in [-0.3, -0.25) is 9.89 Å². The number of anilines is 1. The molecule has 0 atom stereocenters. The molecule has 0 spiro atoms. The lowest BCUT2D eigenvalue weighted by molar-refractivity contribution is -0.116. The molecule has 0 bridgehead atoms. The van der Waals surface area contributed by atoms with E-state index in [2.05, 4.69) is 41.6 Å². The van der Waals surface area contributed by atoms with Crippen LogP contribution >= 0.6 is 0 Å². The first-order valence-corrected chi connectivity index (χ1v) is 6.00. The average Bonchev–Trinajstić information content (AvgIpc) is 2.66. The molecule has 96 valence electrons. The highest BCUT2D eigenvalue weighted by Crippen LogP contribution is 2.21. The summed E-state index contributed by atoms with van der Waals surface area (Å²) in [7, 11) is 0. The Bertz CT molecular complexity index is 365. The van der Waals surface area contributed by atoms with Crippen LogP contribution in [0.1, 0.15) is 39.8 Å². The molecule has 1 heterocycles. The summed E-state index contributed by atoms with van der Waals surface area (Å²) in [4.78, 5) is 11.5. The van der Waals surface area contributed by atoms with Crippen molar-refractivity contribution < 1.29 is 4.79 Å². The van der Waals surface area contributed by atoms with Gasteiger partial charge in [0.2, 0.25) is 5.91 Å². The van der Waals surface area contributed by atoms with Crippen molar-refractivity contribution in [3.8, 4) is 0 Å². The summed E-state index contributed by atoms with van der Waals surface area (Å²) in [6.07, 6.45) is 0.464. The van der Waals surface area contributed by atoms with E-state index < -0.39 is 0 Å². The molecule has 0 aliphatic heterocycles. The minimum atomic E-state index is -0.0158. The average molecular weight is 238 g/mol. The summed E-state index contributed by atoms with van der Waals surface area (Å²) < 4.78 is 0. The second-order valence-corrected chi connectivity index (χ2v) is 5.07. The smallest absolute Gasteiger partial charge is 0.226 e. The number of amides is 1. The molecule has 0 radical (unpaired) electrons. The second-order valence-electron chi connectivity index (χ2n) is 5.07. The normalized spacial score (nSPS) is 11.5. The number of nitrogens with one attached hydrogen (secondary N) is 3. The molecule has 0 saturated carbocycles. The number of hydrogen-bond acceptors (Lipinski definition) is 3. The van der Waals surface area contributed by atoms with Crippen LogP contribution in [0.5, 0.6) is 0 Å². The minimum Gasteiger partial charge on any atom is -0.316 e. The van der Waals surface area contributed by atoms with Gasteiger partial charge in [0.05, 0.1) is 0 Å². The van der Waals surface area contributed by atoms with Gasteiger partial charge in [-0.15, -0.1) is 0 Å². The molecule has 5 heteroatoms. The van der Waals surface area contributed by atoms with Crippen molar-refractivity contribution in [2.24, 2.45) is 0 Å². The van der Waals surface area contributed by atoms with E-state index in [9.17, 15) is 4.79 Å². The van der Waals surface area contributed by atoms with Crippen LogP contribution in [0.25, 0.3) is 0 Å². The Morgan fingerprint density at radius 1 is 1.47 bits per heavy atom. The summed E-state index contributed by atoms with van der Waals surface area (Å²) in [6.45, 7) is 9.87. The van der Waals surface area contributed by atoms with Gasteiger partial charge in [-0.05, 0) is 6.54 Å². The maximum absolute atomic E-state index is 11.5. The Hall–Kier alpha value is -1.36. The molecule has 0 aromatic carbocycles. The molecule has 0 aliphatic rings. The first-order chi connectivity index (χ1) is 7.93. The monoisotopic (exact) mass is 238 g/mol. The molecule has 0 unspecified atom stereocenters. The topological polar surface area (TPSA) is 69.8 Å². The fourth-order valence-electron chi connectivity index (χ4n) is 1.35. The van der Waals surface area contributed by atoms with Gasteiger partial charge in [0.1, 0.15) is 0 Å². The van der Waals surface area contributed by atoms with Gasteiger partial charge in [-0.1, -0.05) is 27.7 Å². The number of H-pyrrole nitrogens is 1. The third kappa shape index (κ3) is 4.56. The number of hydrogen-bond donors (Lipinski definition) is 3. The summed E-state index contributed by atoms with van der Waals surface area (Å²) in [5, 5.41) is 12.9. The number of rotatable bonds is 5. The predicted molar refractivity (Wildman–Crippen MR) is 69.1 cm³/mol. The highest BCUT2D eigenvalue weighted by Gasteiger charge is 2.17. The molecule has 3 N–H and O–H groups in total. The van der Waals surface area contributed by atoms with Gasteiger partial charge < -0.3 is 10.6 Å². The molecule has 0 aliphatic carbocycles. The molecule has 0 fully saturated rings. The van der Waals surface area contributed by atoms with Crippen LogP contribution in [0.15, 0.2) is 6.07 Å². The molecular formula is C12H22N4O. The predicted octanol–water partition coefficient (Wildman–Crippen LogP) is 1.65. The van der Waals surface area contributed by atoms with E-state index in [1.807, 2.05) is 13.0 Å². The highest BCUT2D eigenvalue weighted by molar-refractivity contribution is 5.89. The third-order valence-electron chi connectivity index (χ3n) is 2.43. The van der Waals surface area contributed by atoms with Crippen LogP contribution in [0.3, 0.4) is 0 Å². The Balaban J connectivity index is 2.46. The van der Waals surface area contributed by atoms with Crippen molar-refractivity contribution in [3.63, 3.8) is 0 Å². The van der Waals surface area contributed by atoms with Crippen molar-refractivity contribution in [2.75, 3.05) is 18.4 Å². The van der Waals surface area contributed by atoms with Crippen molar-refractivity contribution in [1.82, 2.24) is 15.5 Å². The first kappa shape index (κ1) is 13.7. The largest absolute Gasteiger partial charge is 0.316 e. The van der Waals surface area contributed by atoms with Gasteiger partial charge in [0, 0.05) is 30.1 Å². The zero-order valence-electron chi connectivity index (χ0n) is 11.1. The van der Waals surface area contributed by atoms with Crippen LogP contribution < -0.4 is 10.6 Å². The lowest BCUT2D eigenvalue weighted by Gasteiger charge is -2.14. The highest BCUT2D eigenvalue weighted by atomic mass is 16.1. The molecule has 17 heavy (non-hydrogen) atoms. The maximum Gasteiger partial charge on any atom is 0.226 e. The summed E-state index contributed by atoms with van der Waals surface area (Å²) >= 11 is 0. The number of aromatic nitrogens is 2. The number of carbonyl (C=O) groups is 1. The van der Waals surface area contributed by atoms with E-state index in [1.165, 1.54) is 0 Å². The van der Waals surface area contributed by atoms with E-state index in [1.54, 1.807) is 0 Å². The van der Waals surface area contributed by atoms with Crippen molar-refractivity contribution in [3.05, 3.63) is 11.8 Å². The summed E-state index contributed by atoms with van der Waals surface area (Å²) in [6, 6.07) is 1.88. The molecule has 1 rings (SSSR count). The van der Waals surface area contributed by atoms with Crippen LogP contribution in [0.4, 0.5) is 5.82 Å². The Labute approximate surface area is 102 Å². The zero-order chi connectivity index (χ0) is 12.9. The number of nitrogens with zero attached hydrogens (tertiary/aromatic N) is 1. The number of aromatic amines is 1. The number of carbonyl (C=O) groups excluding carboxylic acids is 1. The SMILES string of the molecule is CCNCCC(=O)Nc1cc(C(C)(C)C)[nH]n1. The standard InChI is InChI=1S/C12H22N4O/c1-5-13-7-6-11(17)14-10-8-9(15-16-10)12(2,3)4/h8,13H,5-7H2,1-4H3,(H2,14,15,16,17). The van der Waals surface area contributed by atoms with Crippen molar-refractivity contribution in [2.45, 2.75) is 39.5 Å². The second kappa shape index (κ2) is 5.82. The van der Waals surface area contributed by atoms with Crippen molar-refractivity contribution >= 4 is 11.7 Å². The van der Waals surface area contributed by atoms with Crippen LogP contribution in [-0.2, 0) is 10.2 Å². The van der Waals surface area contributed by atoms with Crippen LogP contribution in [-0.4, -0.2) is 29.2 Å².